The molecule has 0 aliphatic carbocycles. The first-order valence-electron chi connectivity index (χ1n) is 9.36. The summed E-state index contributed by atoms with van der Waals surface area (Å²) in [6.07, 6.45) is 2.38. The number of hydrogen-bond acceptors (Lipinski definition) is 4. The third-order valence-corrected chi connectivity index (χ3v) is 4.94. The molecule has 1 saturated heterocycles. The predicted molar refractivity (Wildman–Crippen MR) is 104 cm³/mol. The van der Waals surface area contributed by atoms with Gasteiger partial charge in [-0.3, -0.25) is 4.79 Å². The minimum absolute atomic E-state index is 0.167. The van der Waals surface area contributed by atoms with Crippen molar-refractivity contribution in [3.8, 4) is 17.2 Å². The average Bonchev–Trinajstić information content (AvgIpc) is 3.17. The highest BCUT2D eigenvalue weighted by molar-refractivity contribution is 5.76. The number of amides is 1. The number of carbonyl (C=O) groups excluding carboxylic acids is 1. The molecule has 1 atom stereocenters. The molecule has 27 heavy (non-hydrogen) atoms. The number of ether oxygens (including phenoxy) is 3. The molecule has 1 heterocycles. The second-order valence-corrected chi connectivity index (χ2v) is 6.80. The fourth-order valence-corrected chi connectivity index (χ4v) is 3.50. The molecule has 1 aliphatic heterocycles. The summed E-state index contributed by atoms with van der Waals surface area (Å²) >= 11 is 0. The van der Waals surface area contributed by atoms with Crippen molar-refractivity contribution in [2.24, 2.45) is 5.92 Å². The molecule has 2 aromatic rings. The van der Waals surface area contributed by atoms with Gasteiger partial charge in [0.15, 0.2) is 11.5 Å². The third kappa shape index (κ3) is 5.16. The van der Waals surface area contributed by atoms with Gasteiger partial charge in [0.05, 0.1) is 27.2 Å². The van der Waals surface area contributed by atoms with Gasteiger partial charge in [0.1, 0.15) is 5.75 Å². The topological polar surface area (TPSA) is 48.0 Å². The smallest absolute Gasteiger partial charge is 0.226 e. The van der Waals surface area contributed by atoms with Crippen LogP contribution in [0.5, 0.6) is 17.2 Å². The molecule has 0 saturated carbocycles. The van der Waals surface area contributed by atoms with Crippen molar-refractivity contribution in [1.29, 1.82) is 0 Å². The molecule has 5 heteroatoms. The first-order valence-corrected chi connectivity index (χ1v) is 9.36. The van der Waals surface area contributed by atoms with E-state index in [0.29, 0.717) is 18.9 Å². The standard InChI is InChI=1S/C22H27NO4/c1-25-20-9-8-17(15-21(20)26-2)14-18-10-12-23(16-18)22(24)11-13-27-19-6-4-3-5-7-19/h3-9,15,18H,10-14,16H2,1-2H3. The van der Waals surface area contributed by atoms with E-state index >= 15 is 0 Å². The van der Waals surface area contributed by atoms with E-state index in [0.717, 1.165) is 43.2 Å². The Hall–Kier alpha value is -2.69. The van der Waals surface area contributed by atoms with Gasteiger partial charge in [-0.25, -0.2) is 0 Å². The lowest BCUT2D eigenvalue weighted by molar-refractivity contribution is -0.130. The molecule has 1 amide bonds. The van der Waals surface area contributed by atoms with Crippen LogP contribution in [0.25, 0.3) is 0 Å². The molecular formula is C22H27NO4. The number of carbonyl (C=O) groups is 1. The quantitative estimate of drug-likeness (QED) is 0.714. The number of para-hydroxylation sites is 1. The van der Waals surface area contributed by atoms with Crippen LogP contribution in [0.3, 0.4) is 0 Å². The normalized spacial score (nSPS) is 16.2. The van der Waals surface area contributed by atoms with Crippen molar-refractivity contribution >= 4 is 5.91 Å². The number of methoxy groups -OCH3 is 2. The van der Waals surface area contributed by atoms with Gasteiger partial charge in [-0.1, -0.05) is 24.3 Å². The second kappa shape index (κ2) is 9.31. The summed E-state index contributed by atoms with van der Waals surface area (Å²) < 4.78 is 16.3. The van der Waals surface area contributed by atoms with Gasteiger partial charge in [0, 0.05) is 13.1 Å². The molecule has 1 fully saturated rings. The number of benzene rings is 2. The summed E-state index contributed by atoms with van der Waals surface area (Å²) in [5, 5.41) is 0. The van der Waals surface area contributed by atoms with Crippen LogP contribution in [0.2, 0.25) is 0 Å². The van der Waals surface area contributed by atoms with Crippen LogP contribution in [-0.4, -0.2) is 44.7 Å². The largest absolute Gasteiger partial charge is 0.493 e. The number of likely N-dealkylation sites (tertiary alicyclic amines) is 1. The van der Waals surface area contributed by atoms with E-state index in [1.807, 2.05) is 47.4 Å². The molecule has 0 spiro atoms. The Morgan fingerprint density at radius 2 is 1.85 bits per heavy atom. The zero-order valence-electron chi connectivity index (χ0n) is 16.0. The summed E-state index contributed by atoms with van der Waals surface area (Å²) in [5.41, 5.74) is 1.21. The third-order valence-electron chi connectivity index (χ3n) is 4.94. The van der Waals surface area contributed by atoms with Crippen molar-refractivity contribution in [2.45, 2.75) is 19.3 Å². The van der Waals surface area contributed by atoms with Crippen LogP contribution in [0.1, 0.15) is 18.4 Å². The Morgan fingerprint density at radius 3 is 2.59 bits per heavy atom. The van der Waals surface area contributed by atoms with E-state index in [9.17, 15) is 4.79 Å². The van der Waals surface area contributed by atoms with E-state index in [1.165, 1.54) is 5.56 Å². The van der Waals surface area contributed by atoms with Gasteiger partial charge in [0.25, 0.3) is 0 Å². The summed E-state index contributed by atoms with van der Waals surface area (Å²) in [6.45, 7) is 2.04. The second-order valence-electron chi connectivity index (χ2n) is 6.80. The van der Waals surface area contributed by atoms with Crippen LogP contribution in [0.4, 0.5) is 0 Å². The first kappa shape index (κ1) is 19.1. The molecule has 5 nitrogen and oxygen atoms in total. The highest BCUT2D eigenvalue weighted by atomic mass is 16.5. The predicted octanol–water partition coefficient (Wildman–Crippen LogP) is 3.56. The molecule has 0 N–H and O–H groups in total. The fraction of sp³-hybridized carbons (Fsp3) is 0.409. The van der Waals surface area contributed by atoms with E-state index in [4.69, 9.17) is 14.2 Å². The van der Waals surface area contributed by atoms with E-state index in [-0.39, 0.29) is 5.91 Å². The Kier molecular flexibility index (Phi) is 6.58. The molecule has 0 bridgehead atoms. The van der Waals surface area contributed by atoms with Crippen molar-refractivity contribution < 1.29 is 19.0 Å². The maximum Gasteiger partial charge on any atom is 0.226 e. The summed E-state index contributed by atoms with van der Waals surface area (Å²) in [4.78, 5) is 14.4. The van der Waals surface area contributed by atoms with Crippen LogP contribution >= 0.6 is 0 Å². The highest BCUT2D eigenvalue weighted by Gasteiger charge is 2.26. The van der Waals surface area contributed by atoms with Crippen molar-refractivity contribution in [3.05, 3.63) is 54.1 Å². The minimum Gasteiger partial charge on any atom is -0.493 e. The highest BCUT2D eigenvalue weighted by Crippen LogP contribution is 2.30. The molecule has 0 aromatic heterocycles. The Morgan fingerprint density at radius 1 is 1.07 bits per heavy atom. The summed E-state index contributed by atoms with van der Waals surface area (Å²) in [5.74, 6) is 2.93. The van der Waals surface area contributed by atoms with Gasteiger partial charge >= 0.3 is 0 Å². The molecule has 2 aromatic carbocycles. The summed E-state index contributed by atoms with van der Waals surface area (Å²) in [7, 11) is 3.29. The Bertz CT molecular complexity index is 747. The molecule has 1 unspecified atom stereocenters. The van der Waals surface area contributed by atoms with Crippen molar-refractivity contribution in [3.63, 3.8) is 0 Å². The average molecular weight is 369 g/mol. The zero-order chi connectivity index (χ0) is 19.1. The first-order chi connectivity index (χ1) is 13.2. The van der Waals surface area contributed by atoms with Gasteiger partial charge in [0.2, 0.25) is 5.91 Å². The van der Waals surface area contributed by atoms with Gasteiger partial charge < -0.3 is 19.1 Å². The lowest BCUT2D eigenvalue weighted by Crippen LogP contribution is -2.30. The Labute approximate surface area is 160 Å². The van der Waals surface area contributed by atoms with Crippen molar-refractivity contribution in [2.75, 3.05) is 33.9 Å². The zero-order valence-corrected chi connectivity index (χ0v) is 16.0. The van der Waals surface area contributed by atoms with Gasteiger partial charge in [-0.05, 0) is 48.6 Å². The molecule has 144 valence electrons. The lowest BCUT2D eigenvalue weighted by atomic mass is 9.98. The lowest BCUT2D eigenvalue weighted by Gasteiger charge is -2.17. The maximum atomic E-state index is 12.4. The van der Waals surface area contributed by atoms with Crippen LogP contribution in [0.15, 0.2) is 48.5 Å². The number of nitrogens with zero attached hydrogens (tertiary/aromatic N) is 1. The molecule has 1 aliphatic rings. The summed E-state index contributed by atoms with van der Waals surface area (Å²) in [6, 6.07) is 15.6. The van der Waals surface area contributed by atoms with E-state index in [1.54, 1.807) is 14.2 Å². The van der Waals surface area contributed by atoms with Gasteiger partial charge in [-0.15, -0.1) is 0 Å². The fourth-order valence-electron chi connectivity index (χ4n) is 3.50. The van der Waals surface area contributed by atoms with Crippen LogP contribution in [-0.2, 0) is 11.2 Å². The number of rotatable bonds is 8. The molecular weight excluding hydrogens is 342 g/mol. The van der Waals surface area contributed by atoms with E-state index in [2.05, 4.69) is 6.07 Å². The SMILES string of the molecule is COc1ccc(CC2CCN(C(=O)CCOc3ccccc3)C2)cc1OC. The van der Waals surface area contributed by atoms with Crippen molar-refractivity contribution in [1.82, 2.24) is 4.90 Å². The molecule has 0 radical (unpaired) electrons. The molecule has 3 rings (SSSR count). The number of hydrogen-bond donors (Lipinski definition) is 0. The van der Waals surface area contributed by atoms with Gasteiger partial charge in [-0.2, -0.15) is 0 Å². The Balaban J connectivity index is 1.46. The minimum atomic E-state index is 0.167. The maximum absolute atomic E-state index is 12.4. The monoisotopic (exact) mass is 369 g/mol. The van der Waals surface area contributed by atoms with E-state index < -0.39 is 0 Å². The van der Waals surface area contributed by atoms with Crippen LogP contribution < -0.4 is 14.2 Å². The van der Waals surface area contributed by atoms with Crippen LogP contribution in [0, 0.1) is 5.92 Å².